The first kappa shape index (κ1) is 13.7. The molecule has 0 aromatic rings. The molecule has 94 valence electrons. The smallest absolute Gasteiger partial charge is 0.0828 e. The lowest BCUT2D eigenvalue weighted by Crippen LogP contribution is -2.38. The van der Waals surface area contributed by atoms with E-state index in [4.69, 9.17) is 0 Å². The van der Waals surface area contributed by atoms with Gasteiger partial charge in [-0.3, -0.25) is 0 Å². The van der Waals surface area contributed by atoms with Crippen LogP contribution < -0.4 is 0 Å². The van der Waals surface area contributed by atoms with Crippen LogP contribution in [0.15, 0.2) is 12.2 Å². The summed E-state index contributed by atoms with van der Waals surface area (Å²) in [6, 6.07) is 0. The normalized spacial score (nSPS) is 31.2. The average Bonchev–Trinajstić information content (AvgIpc) is 2.13. The van der Waals surface area contributed by atoms with E-state index in [0.717, 1.165) is 12.8 Å². The molecule has 16 heavy (non-hydrogen) atoms. The van der Waals surface area contributed by atoms with Crippen molar-refractivity contribution < 1.29 is 10.2 Å². The first-order valence-electron chi connectivity index (χ1n) is 6.33. The minimum atomic E-state index is -0.783. The SMILES string of the molecule is CC(O)C=CC(C)(O)C1CCCC(C)(C)C1. The zero-order valence-corrected chi connectivity index (χ0v) is 11.0. The second-order valence-corrected chi connectivity index (χ2v) is 6.28. The van der Waals surface area contributed by atoms with Crippen LogP contribution in [-0.4, -0.2) is 21.9 Å². The van der Waals surface area contributed by atoms with E-state index in [1.807, 2.05) is 6.92 Å². The minimum absolute atomic E-state index is 0.311. The van der Waals surface area contributed by atoms with Gasteiger partial charge in [0.1, 0.15) is 0 Å². The van der Waals surface area contributed by atoms with Crippen LogP contribution in [-0.2, 0) is 0 Å². The Hall–Kier alpha value is -0.340. The second-order valence-electron chi connectivity index (χ2n) is 6.28. The topological polar surface area (TPSA) is 40.5 Å². The maximum atomic E-state index is 10.4. The fourth-order valence-corrected chi connectivity index (χ4v) is 2.67. The first-order chi connectivity index (χ1) is 7.23. The number of aliphatic hydroxyl groups excluding tert-OH is 1. The Kier molecular flexibility index (Phi) is 4.19. The molecular formula is C14H26O2. The van der Waals surface area contributed by atoms with Gasteiger partial charge in [-0.15, -0.1) is 0 Å². The molecule has 0 spiro atoms. The quantitative estimate of drug-likeness (QED) is 0.726. The zero-order chi connectivity index (χ0) is 12.4. The van der Waals surface area contributed by atoms with Gasteiger partial charge >= 0.3 is 0 Å². The van der Waals surface area contributed by atoms with Crippen molar-refractivity contribution >= 4 is 0 Å². The van der Waals surface area contributed by atoms with Crippen molar-refractivity contribution in [2.75, 3.05) is 0 Å². The third-order valence-electron chi connectivity index (χ3n) is 3.74. The second kappa shape index (κ2) is 4.89. The Morgan fingerprint density at radius 3 is 2.56 bits per heavy atom. The molecule has 1 fully saturated rings. The van der Waals surface area contributed by atoms with Crippen LogP contribution in [0.2, 0.25) is 0 Å². The summed E-state index contributed by atoms with van der Waals surface area (Å²) in [4.78, 5) is 0. The van der Waals surface area contributed by atoms with Crippen molar-refractivity contribution in [1.29, 1.82) is 0 Å². The number of rotatable bonds is 3. The van der Waals surface area contributed by atoms with Gasteiger partial charge < -0.3 is 10.2 Å². The molecule has 0 aromatic heterocycles. The van der Waals surface area contributed by atoms with Crippen LogP contribution in [0, 0.1) is 11.3 Å². The molecule has 3 unspecified atom stereocenters. The van der Waals surface area contributed by atoms with Crippen LogP contribution >= 0.6 is 0 Å². The molecule has 0 aromatic carbocycles. The molecule has 2 nitrogen and oxygen atoms in total. The van der Waals surface area contributed by atoms with Crippen molar-refractivity contribution in [2.45, 2.75) is 65.1 Å². The molecule has 0 aliphatic heterocycles. The standard InChI is InChI=1S/C14H26O2/c1-11(15)7-9-14(4,16)12-6-5-8-13(2,3)10-12/h7,9,11-12,15-16H,5-6,8,10H2,1-4H3. The summed E-state index contributed by atoms with van der Waals surface area (Å²) in [5.74, 6) is 0.311. The highest BCUT2D eigenvalue weighted by Gasteiger charge is 2.37. The maximum absolute atomic E-state index is 10.4. The van der Waals surface area contributed by atoms with Gasteiger partial charge in [0.15, 0.2) is 0 Å². The summed E-state index contributed by atoms with van der Waals surface area (Å²) >= 11 is 0. The summed E-state index contributed by atoms with van der Waals surface area (Å²) in [5, 5.41) is 19.6. The van der Waals surface area contributed by atoms with Gasteiger partial charge in [0.25, 0.3) is 0 Å². The van der Waals surface area contributed by atoms with Gasteiger partial charge in [-0.1, -0.05) is 32.4 Å². The highest BCUT2D eigenvalue weighted by Crippen LogP contribution is 2.43. The van der Waals surface area contributed by atoms with Gasteiger partial charge in [0.05, 0.1) is 11.7 Å². The molecular weight excluding hydrogens is 200 g/mol. The van der Waals surface area contributed by atoms with E-state index in [-0.39, 0.29) is 0 Å². The van der Waals surface area contributed by atoms with Crippen LogP contribution in [0.5, 0.6) is 0 Å². The predicted molar refractivity (Wildman–Crippen MR) is 67.2 cm³/mol. The first-order valence-corrected chi connectivity index (χ1v) is 6.33. The van der Waals surface area contributed by atoms with Crippen LogP contribution in [0.25, 0.3) is 0 Å². The van der Waals surface area contributed by atoms with Crippen molar-refractivity contribution in [3.8, 4) is 0 Å². The lowest BCUT2D eigenvalue weighted by molar-refractivity contribution is -0.000730. The monoisotopic (exact) mass is 226 g/mol. The Bertz CT molecular complexity index is 251. The summed E-state index contributed by atoms with van der Waals surface area (Å²) in [7, 11) is 0. The molecule has 2 heteroatoms. The van der Waals surface area contributed by atoms with Crippen LogP contribution in [0.3, 0.4) is 0 Å². The zero-order valence-electron chi connectivity index (χ0n) is 11.0. The van der Waals surface area contributed by atoms with E-state index in [0.29, 0.717) is 11.3 Å². The van der Waals surface area contributed by atoms with Crippen molar-refractivity contribution in [3.05, 3.63) is 12.2 Å². The molecule has 1 saturated carbocycles. The molecule has 0 amide bonds. The summed E-state index contributed by atoms with van der Waals surface area (Å²) in [5.41, 5.74) is -0.444. The molecule has 0 radical (unpaired) electrons. The molecule has 1 aliphatic carbocycles. The molecule has 0 saturated heterocycles. The molecule has 0 bridgehead atoms. The number of hydrogen-bond donors (Lipinski definition) is 2. The molecule has 2 N–H and O–H groups in total. The van der Waals surface area contributed by atoms with E-state index in [1.54, 1.807) is 19.1 Å². The molecule has 3 atom stereocenters. The molecule has 0 heterocycles. The van der Waals surface area contributed by atoms with E-state index in [2.05, 4.69) is 13.8 Å². The van der Waals surface area contributed by atoms with Gasteiger partial charge in [0, 0.05) is 0 Å². The van der Waals surface area contributed by atoms with E-state index in [1.165, 1.54) is 12.8 Å². The lowest BCUT2D eigenvalue weighted by atomic mass is 9.67. The van der Waals surface area contributed by atoms with Gasteiger partial charge in [-0.25, -0.2) is 0 Å². The Morgan fingerprint density at radius 2 is 2.06 bits per heavy atom. The summed E-state index contributed by atoms with van der Waals surface area (Å²) in [6.45, 7) is 8.11. The van der Waals surface area contributed by atoms with Gasteiger partial charge in [0.2, 0.25) is 0 Å². The summed E-state index contributed by atoms with van der Waals surface area (Å²) in [6.07, 6.45) is 7.55. The van der Waals surface area contributed by atoms with E-state index >= 15 is 0 Å². The number of hydrogen-bond acceptors (Lipinski definition) is 2. The highest BCUT2D eigenvalue weighted by atomic mass is 16.3. The molecule has 1 rings (SSSR count). The largest absolute Gasteiger partial charge is 0.389 e. The van der Waals surface area contributed by atoms with Gasteiger partial charge in [-0.05, 0) is 44.4 Å². The van der Waals surface area contributed by atoms with Crippen molar-refractivity contribution in [2.24, 2.45) is 11.3 Å². The average molecular weight is 226 g/mol. The molecule has 1 aliphatic rings. The fourth-order valence-electron chi connectivity index (χ4n) is 2.67. The highest BCUT2D eigenvalue weighted by molar-refractivity contribution is 5.05. The number of aliphatic hydroxyl groups is 2. The summed E-state index contributed by atoms with van der Waals surface area (Å²) < 4.78 is 0. The van der Waals surface area contributed by atoms with E-state index < -0.39 is 11.7 Å². The Morgan fingerprint density at radius 1 is 1.44 bits per heavy atom. The fraction of sp³-hybridized carbons (Fsp3) is 0.857. The predicted octanol–water partition coefficient (Wildman–Crippen LogP) is 2.89. The van der Waals surface area contributed by atoms with Crippen LogP contribution in [0.1, 0.15) is 53.4 Å². The van der Waals surface area contributed by atoms with Gasteiger partial charge in [-0.2, -0.15) is 0 Å². The Balaban J connectivity index is 2.68. The minimum Gasteiger partial charge on any atom is -0.389 e. The van der Waals surface area contributed by atoms with Crippen molar-refractivity contribution in [1.82, 2.24) is 0 Å². The van der Waals surface area contributed by atoms with Crippen molar-refractivity contribution in [3.63, 3.8) is 0 Å². The van der Waals surface area contributed by atoms with Crippen LogP contribution in [0.4, 0.5) is 0 Å². The third kappa shape index (κ3) is 3.91. The lowest BCUT2D eigenvalue weighted by Gasteiger charge is -2.41. The third-order valence-corrected chi connectivity index (χ3v) is 3.74. The van der Waals surface area contributed by atoms with E-state index in [9.17, 15) is 10.2 Å². The maximum Gasteiger partial charge on any atom is 0.0828 e. The Labute approximate surface area is 99.4 Å².